The number of carbonyl (C=O) groups is 1. The monoisotopic (exact) mass is 568 g/mol. The molecule has 0 atom stereocenters. The lowest BCUT2D eigenvalue weighted by atomic mass is 9.96. The molecule has 198 valence electrons. The van der Waals surface area contributed by atoms with Gasteiger partial charge in [0.25, 0.3) is 5.91 Å². The van der Waals surface area contributed by atoms with E-state index in [0.29, 0.717) is 21.4 Å². The molecule has 0 bridgehead atoms. The minimum Gasteiger partial charge on any atom is -0.278 e. The van der Waals surface area contributed by atoms with E-state index in [1.54, 1.807) is 30.3 Å². The molecule has 1 saturated carbocycles. The molecule has 2 aromatic carbocycles. The molecule has 2 heterocycles. The Labute approximate surface area is 232 Å². The fourth-order valence-electron chi connectivity index (χ4n) is 4.82. The summed E-state index contributed by atoms with van der Waals surface area (Å²) in [6.45, 7) is 2.16. The number of aromatic nitrogens is 2. The molecule has 0 radical (unpaired) electrons. The van der Waals surface area contributed by atoms with Crippen LogP contribution in [0, 0.1) is 6.92 Å². The van der Waals surface area contributed by atoms with E-state index in [1.165, 1.54) is 27.8 Å². The van der Waals surface area contributed by atoms with E-state index >= 15 is 0 Å². The largest absolute Gasteiger partial charge is 0.278 e. The predicted molar refractivity (Wildman–Crippen MR) is 152 cm³/mol. The predicted octanol–water partition coefficient (Wildman–Crippen LogP) is 6.45. The quantitative estimate of drug-likeness (QED) is 0.256. The second-order valence-electron chi connectivity index (χ2n) is 9.59. The summed E-state index contributed by atoms with van der Waals surface area (Å²) in [5.74, 6) is -0.298. The Hall–Kier alpha value is -2.85. The lowest BCUT2D eigenvalue weighted by molar-refractivity contribution is 0.0984. The van der Waals surface area contributed by atoms with Crippen molar-refractivity contribution in [2.24, 2.45) is 0 Å². The molecule has 1 aliphatic carbocycles. The number of sulfonamides is 1. The molecule has 7 nitrogen and oxygen atoms in total. The first-order valence-corrected chi connectivity index (χ1v) is 15.2. The van der Waals surface area contributed by atoms with Gasteiger partial charge in [-0.05, 0) is 67.8 Å². The second-order valence-corrected chi connectivity index (χ2v) is 13.0. The first-order valence-electron chi connectivity index (χ1n) is 12.6. The van der Waals surface area contributed by atoms with Crippen molar-refractivity contribution in [3.8, 4) is 0 Å². The number of hydrogen-bond donors (Lipinski definition) is 0. The Bertz CT molecular complexity index is 1510. The van der Waals surface area contributed by atoms with Crippen LogP contribution in [0.3, 0.4) is 0 Å². The number of amides is 1. The van der Waals surface area contributed by atoms with Gasteiger partial charge >= 0.3 is 0 Å². The van der Waals surface area contributed by atoms with Gasteiger partial charge in [-0.1, -0.05) is 54.3 Å². The zero-order valence-corrected chi connectivity index (χ0v) is 23.7. The van der Waals surface area contributed by atoms with Crippen LogP contribution in [0.4, 0.5) is 5.13 Å². The summed E-state index contributed by atoms with van der Waals surface area (Å²) in [4.78, 5) is 24.7. The van der Waals surface area contributed by atoms with Crippen molar-refractivity contribution < 1.29 is 13.2 Å². The Kier molecular flexibility index (Phi) is 7.81. The molecule has 0 saturated heterocycles. The Morgan fingerprint density at radius 2 is 1.79 bits per heavy atom. The topological polar surface area (TPSA) is 83.5 Å². The first kappa shape index (κ1) is 26.7. The average Bonchev–Trinajstić information content (AvgIpc) is 3.41. The van der Waals surface area contributed by atoms with Crippen molar-refractivity contribution in [1.82, 2.24) is 14.3 Å². The minimum absolute atomic E-state index is 0.0123. The number of nitrogens with zero attached hydrogens (tertiary/aromatic N) is 4. The normalized spacial score (nSPS) is 14.7. The molecule has 38 heavy (non-hydrogen) atoms. The van der Waals surface area contributed by atoms with Crippen LogP contribution >= 0.6 is 22.9 Å². The van der Waals surface area contributed by atoms with Crippen LogP contribution in [0.15, 0.2) is 65.7 Å². The Balaban J connectivity index is 1.47. The van der Waals surface area contributed by atoms with Gasteiger partial charge in [0.05, 0.1) is 32.4 Å². The molecule has 1 aliphatic rings. The lowest BCUT2D eigenvalue weighted by Gasteiger charge is -2.30. The van der Waals surface area contributed by atoms with Crippen LogP contribution in [-0.4, -0.2) is 41.7 Å². The molecule has 4 aromatic rings. The summed E-state index contributed by atoms with van der Waals surface area (Å²) < 4.78 is 28.8. The highest BCUT2D eigenvalue weighted by Crippen LogP contribution is 2.36. The standard InChI is InChI=1S/C28H29ClN4O3S2/c1-19-11-16-24(29)26-25(19)31-28(37-26)33(18-21-8-6-7-17-30-21)27(34)20-12-14-23(15-13-20)38(35,36)32(2)22-9-4-3-5-10-22/h6-8,11-17,22H,3-5,9-10,18H2,1-2H3. The van der Waals surface area contributed by atoms with Crippen molar-refractivity contribution in [3.05, 3.63) is 82.6 Å². The van der Waals surface area contributed by atoms with Gasteiger partial charge in [0.15, 0.2) is 5.13 Å². The molecule has 0 aliphatic heterocycles. The highest BCUT2D eigenvalue weighted by molar-refractivity contribution is 7.89. The third-order valence-electron chi connectivity index (χ3n) is 7.08. The second kappa shape index (κ2) is 11.1. The van der Waals surface area contributed by atoms with E-state index in [2.05, 4.69) is 4.98 Å². The zero-order valence-electron chi connectivity index (χ0n) is 21.3. The van der Waals surface area contributed by atoms with Crippen molar-refractivity contribution >= 4 is 54.2 Å². The maximum atomic E-state index is 13.8. The molecule has 2 aromatic heterocycles. The lowest BCUT2D eigenvalue weighted by Crippen LogP contribution is -2.38. The highest BCUT2D eigenvalue weighted by Gasteiger charge is 2.30. The molecule has 5 rings (SSSR count). The number of fused-ring (bicyclic) bond motifs is 1. The highest BCUT2D eigenvalue weighted by atomic mass is 35.5. The third kappa shape index (κ3) is 5.33. The van der Waals surface area contributed by atoms with Gasteiger partial charge in [-0.2, -0.15) is 4.31 Å². The molecule has 0 spiro atoms. The van der Waals surface area contributed by atoms with Gasteiger partial charge in [-0.25, -0.2) is 13.4 Å². The van der Waals surface area contributed by atoms with Crippen molar-refractivity contribution in [2.45, 2.75) is 56.5 Å². The molecular formula is C28H29ClN4O3S2. The van der Waals surface area contributed by atoms with Gasteiger partial charge < -0.3 is 0 Å². The van der Waals surface area contributed by atoms with Crippen LogP contribution in [0.25, 0.3) is 10.2 Å². The maximum absolute atomic E-state index is 13.8. The molecule has 1 amide bonds. The number of aryl methyl sites for hydroxylation is 1. The van der Waals surface area contributed by atoms with E-state index in [9.17, 15) is 13.2 Å². The fraction of sp³-hybridized carbons (Fsp3) is 0.321. The molecule has 1 fully saturated rings. The van der Waals surface area contributed by atoms with E-state index in [4.69, 9.17) is 16.6 Å². The average molecular weight is 569 g/mol. The number of hydrogen-bond acceptors (Lipinski definition) is 6. The maximum Gasteiger partial charge on any atom is 0.260 e. The summed E-state index contributed by atoms with van der Waals surface area (Å²) >= 11 is 7.79. The van der Waals surface area contributed by atoms with Crippen LogP contribution in [-0.2, 0) is 16.6 Å². The summed E-state index contributed by atoms with van der Waals surface area (Å²) in [6.07, 6.45) is 6.67. The van der Waals surface area contributed by atoms with Crippen LogP contribution in [0.1, 0.15) is 53.7 Å². The minimum atomic E-state index is -3.66. The Morgan fingerprint density at radius 1 is 1.05 bits per heavy atom. The number of pyridine rings is 1. The number of rotatable bonds is 7. The number of benzene rings is 2. The van der Waals surface area contributed by atoms with Gasteiger partial charge in [0.2, 0.25) is 10.0 Å². The van der Waals surface area contributed by atoms with Gasteiger partial charge in [-0.15, -0.1) is 0 Å². The first-order chi connectivity index (χ1) is 18.3. The van der Waals surface area contributed by atoms with Crippen LogP contribution in [0.2, 0.25) is 5.02 Å². The van der Waals surface area contributed by atoms with E-state index in [0.717, 1.165) is 47.9 Å². The fourth-order valence-corrected chi connectivity index (χ4v) is 7.55. The summed E-state index contributed by atoms with van der Waals surface area (Å²) in [5, 5.41) is 1.08. The molecule has 0 unspecified atom stereocenters. The SMILES string of the molecule is Cc1ccc(Cl)c2sc(N(Cc3ccccn3)C(=O)c3ccc(S(=O)(=O)N(C)C4CCCCC4)cc3)nc12. The van der Waals surface area contributed by atoms with Gasteiger partial charge in [-0.3, -0.25) is 14.7 Å². The number of anilines is 1. The van der Waals surface area contributed by atoms with Crippen LogP contribution in [0.5, 0.6) is 0 Å². The van der Waals surface area contributed by atoms with Crippen LogP contribution < -0.4 is 4.90 Å². The van der Waals surface area contributed by atoms with Gasteiger partial charge in [0, 0.05) is 24.8 Å². The van der Waals surface area contributed by atoms with Gasteiger partial charge in [0.1, 0.15) is 0 Å². The van der Waals surface area contributed by atoms with E-state index in [1.807, 2.05) is 37.3 Å². The van der Waals surface area contributed by atoms with Crippen molar-refractivity contribution in [3.63, 3.8) is 0 Å². The number of carbonyl (C=O) groups excluding carboxylic acids is 1. The zero-order chi connectivity index (χ0) is 26.9. The summed E-state index contributed by atoms with van der Waals surface area (Å²) in [6, 6.07) is 15.5. The van der Waals surface area contributed by atoms with Crippen molar-refractivity contribution in [1.29, 1.82) is 0 Å². The molecule has 10 heteroatoms. The molecule has 0 N–H and O–H groups in total. The van der Waals surface area contributed by atoms with E-state index < -0.39 is 10.0 Å². The van der Waals surface area contributed by atoms with Crippen molar-refractivity contribution in [2.75, 3.05) is 11.9 Å². The Morgan fingerprint density at radius 3 is 2.45 bits per heavy atom. The summed E-state index contributed by atoms with van der Waals surface area (Å²) in [5.41, 5.74) is 2.79. The number of thiazole rings is 1. The molecular weight excluding hydrogens is 540 g/mol. The third-order valence-corrected chi connectivity index (χ3v) is 10.5. The van der Waals surface area contributed by atoms with E-state index in [-0.39, 0.29) is 23.4 Å². The summed E-state index contributed by atoms with van der Waals surface area (Å²) in [7, 11) is -2.00. The smallest absolute Gasteiger partial charge is 0.260 e. The number of halogens is 1.